The zero-order valence-electron chi connectivity index (χ0n) is 12.6. The first kappa shape index (κ1) is 14.7. The second-order valence-corrected chi connectivity index (χ2v) is 4.95. The van der Waals surface area contributed by atoms with Gasteiger partial charge in [-0.1, -0.05) is 18.2 Å². The molecule has 1 aromatic carbocycles. The van der Waals surface area contributed by atoms with Gasteiger partial charge < -0.3 is 10.1 Å². The Labute approximate surface area is 134 Å². The summed E-state index contributed by atoms with van der Waals surface area (Å²) in [4.78, 5) is 20.2. The van der Waals surface area contributed by atoms with Crippen LogP contribution in [-0.2, 0) is 0 Å². The van der Waals surface area contributed by atoms with E-state index in [9.17, 15) is 4.79 Å². The van der Waals surface area contributed by atoms with E-state index in [0.29, 0.717) is 17.1 Å². The smallest absolute Gasteiger partial charge is 0.257 e. The van der Waals surface area contributed by atoms with Crippen molar-refractivity contribution in [3.8, 4) is 11.6 Å². The standard InChI is InChI=1S/C18H15N3O2/c1-13-5-2-3-7-16(13)23-17-9-8-14(11-20-17)18(22)21-15-6-4-10-19-12-15/h2-12H,1H3,(H,21,22). The molecule has 0 aliphatic heterocycles. The number of carbonyl (C=O) groups excluding carboxylic acids is 1. The van der Waals surface area contributed by atoms with Crippen LogP contribution in [0.3, 0.4) is 0 Å². The molecule has 23 heavy (non-hydrogen) atoms. The maximum Gasteiger partial charge on any atom is 0.257 e. The number of rotatable bonds is 4. The Morgan fingerprint density at radius 1 is 1.04 bits per heavy atom. The van der Waals surface area contributed by atoms with Crippen molar-refractivity contribution in [3.63, 3.8) is 0 Å². The lowest BCUT2D eigenvalue weighted by Gasteiger charge is -2.08. The molecule has 0 unspecified atom stereocenters. The van der Waals surface area contributed by atoms with Crippen LogP contribution in [0.2, 0.25) is 0 Å². The third kappa shape index (κ3) is 3.71. The molecule has 0 saturated carbocycles. The van der Waals surface area contributed by atoms with Crippen molar-refractivity contribution < 1.29 is 9.53 Å². The first-order chi connectivity index (χ1) is 11.2. The van der Waals surface area contributed by atoms with E-state index in [4.69, 9.17) is 4.74 Å². The highest BCUT2D eigenvalue weighted by molar-refractivity contribution is 6.03. The Bertz CT molecular complexity index is 802. The van der Waals surface area contributed by atoms with Crippen molar-refractivity contribution in [2.24, 2.45) is 0 Å². The van der Waals surface area contributed by atoms with Crippen LogP contribution in [0, 0.1) is 6.92 Å². The van der Waals surface area contributed by atoms with E-state index in [1.54, 1.807) is 36.7 Å². The fourth-order valence-electron chi connectivity index (χ4n) is 2.00. The van der Waals surface area contributed by atoms with E-state index < -0.39 is 0 Å². The molecule has 0 radical (unpaired) electrons. The second-order valence-electron chi connectivity index (χ2n) is 4.95. The van der Waals surface area contributed by atoms with Crippen LogP contribution in [0.1, 0.15) is 15.9 Å². The zero-order chi connectivity index (χ0) is 16.1. The summed E-state index contributed by atoms with van der Waals surface area (Å²) < 4.78 is 5.71. The third-order valence-corrected chi connectivity index (χ3v) is 3.23. The molecule has 3 aromatic rings. The molecule has 0 bridgehead atoms. The van der Waals surface area contributed by atoms with E-state index in [2.05, 4.69) is 15.3 Å². The van der Waals surface area contributed by atoms with Gasteiger partial charge in [0.2, 0.25) is 5.88 Å². The molecule has 0 saturated heterocycles. The summed E-state index contributed by atoms with van der Waals surface area (Å²) in [7, 11) is 0. The van der Waals surface area contributed by atoms with Crippen LogP contribution >= 0.6 is 0 Å². The predicted octanol–water partition coefficient (Wildman–Crippen LogP) is 3.83. The molecule has 0 aliphatic carbocycles. The fourth-order valence-corrected chi connectivity index (χ4v) is 2.00. The van der Waals surface area contributed by atoms with Gasteiger partial charge in [-0.15, -0.1) is 0 Å². The minimum Gasteiger partial charge on any atom is -0.439 e. The summed E-state index contributed by atoms with van der Waals surface area (Å²) in [5.74, 6) is 0.942. The number of carbonyl (C=O) groups is 1. The Morgan fingerprint density at radius 2 is 1.91 bits per heavy atom. The van der Waals surface area contributed by atoms with Gasteiger partial charge in [-0.05, 0) is 36.8 Å². The lowest BCUT2D eigenvalue weighted by atomic mass is 10.2. The average Bonchev–Trinajstić information content (AvgIpc) is 2.58. The highest BCUT2D eigenvalue weighted by Gasteiger charge is 2.08. The zero-order valence-corrected chi connectivity index (χ0v) is 12.6. The first-order valence-electron chi connectivity index (χ1n) is 7.13. The van der Waals surface area contributed by atoms with E-state index in [1.165, 1.54) is 6.20 Å². The summed E-state index contributed by atoms with van der Waals surface area (Å²) in [6.07, 6.45) is 4.72. The van der Waals surface area contributed by atoms with Crippen molar-refractivity contribution in [1.29, 1.82) is 0 Å². The molecule has 3 rings (SSSR count). The number of hydrogen-bond donors (Lipinski definition) is 1. The topological polar surface area (TPSA) is 64.1 Å². The van der Waals surface area contributed by atoms with Gasteiger partial charge in [0.25, 0.3) is 5.91 Å². The SMILES string of the molecule is Cc1ccccc1Oc1ccc(C(=O)Nc2cccnc2)cn1. The summed E-state index contributed by atoms with van der Waals surface area (Å²) in [5, 5.41) is 2.75. The van der Waals surface area contributed by atoms with Gasteiger partial charge >= 0.3 is 0 Å². The molecule has 0 atom stereocenters. The van der Waals surface area contributed by atoms with Gasteiger partial charge in [-0.25, -0.2) is 4.98 Å². The highest BCUT2D eigenvalue weighted by atomic mass is 16.5. The van der Waals surface area contributed by atoms with E-state index in [-0.39, 0.29) is 5.91 Å². The minimum atomic E-state index is -0.243. The number of pyridine rings is 2. The number of nitrogens with one attached hydrogen (secondary N) is 1. The van der Waals surface area contributed by atoms with Gasteiger partial charge in [0.05, 0.1) is 17.4 Å². The monoisotopic (exact) mass is 305 g/mol. The van der Waals surface area contributed by atoms with Crippen molar-refractivity contribution in [2.45, 2.75) is 6.92 Å². The summed E-state index contributed by atoms with van der Waals surface area (Å²) >= 11 is 0. The number of aryl methyl sites for hydroxylation is 1. The molecule has 1 amide bonds. The maximum absolute atomic E-state index is 12.1. The van der Waals surface area contributed by atoms with Gasteiger partial charge in [0.1, 0.15) is 5.75 Å². The van der Waals surface area contributed by atoms with Crippen LogP contribution in [0.5, 0.6) is 11.6 Å². The van der Waals surface area contributed by atoms with E-state index in [1.807, 2.05) is 31.2 Å². The molecule has 2 aromatic heterocycles. The Kier molecular flexibility index (Phi) is 4.29. The number of anilines is 1. The minimum absolute atomic E-state index is 0.243. The van der Waals surface area contributed by atoms with Gasteiger partial charge in [-0.2, -0.15) is 0 Å². The van der Waals surface area contributed by atoms with Crippen molar-refractivity contribution >= 4 is 11.6 Å². The predicted molar refractivity (Wildman–Crippen MR) is 87.7 cm³/mol. The van der Waals surface area contributed by atoms with E-state index >= 15 is 0 Å². The largest absolute Gasteiger partial charge is 0.439 e. The van der Waals surface area contributed by atoms with Crippen LogP contribution in [0.25, 0.3) is 0 Å². The second kappa shape index (κ2) is 6.70. The average molecular weight is 305 g/mol. The number of nitrogens with zero attached hydrogens (tertiary/aromatic N) is 2. The van der Waals surface area contributed by atoms with Crippen LogP contribution in [0.4, 0.5) is 5.69 Å². The van der Waals surface area contributed by atoms with Crippen molar-refractivity contribution in [3.05, 3.63) is 78.2 Å². The normalized spacial score (nSPS) is 10.1. The molecule has 0 aliphatic rings. The summed E-state index contributed by atoms with van der Waals surface area (Å²) in [6.45, 7) is 1.96. The Morgan fingerprint density at radius 3 is 2.61 bits per heavy atom. The molecule has 1 N–H and O–H groups in total. The number of benzene rings is 1. The van der Waals surface area contributed by atoms with Gasteiger partial charge in [0.15, 0.2) is 0 Å². The highest BCUT2D eigenvalue weighted by Crippen LogP contribution is 2.23. The van der Waals surface area contributed by atoms with Crippen LogP contribution < -0.4 is 10.1 Å². The lowest BCUT2D eigenvalue weighted by molar-refractivity contribution is 0.102. The molecule has 0 spiro atoms. The third-order valence-electron chi connectivity index (χ3n) is 3.23. The first-order valence-corrected chi connectivity index (χ1v) is 7.13. The molecule has 5 heteroatoms. The summed E-state index contributed by atoms with van der Waals surface area (Å²) in [6, 6.07) is 14.6. The quantitative estimate of drug-likeness (QED) is 0.795. The molecule has 0 fully saturated rings. The molecule has 2 heterocycles. The number of amides is 1. The van der Waals surface area contributed by atoms with Crippen LogP contribution in [0.15, 0.2) is 67.1 Å². The summed E-state index contributed by atoms with van der Waals surface area (Å²) in [5.41, 5.74) is 2.11. The molecular weight excluding hydrogens is 290 g/mol. The molecular formula is C18H15N3O2. The Balaban J connectivity index is 1.69. The molecule has 5 nitrogen and oxygen atoms in total. The molecule has 114 valence electrons. The Hall–Kier alpha value is -3.21. The lowest BCUT2D eigenvalue weighted by Crippen LogP contribution is -2.12. The maximum atomic E-state index is 12.1. The van der Waals surface area contributed by atoms with Gasteiger partial charge in [0, 0.05) is 18.5 Å². The van der Waals surface area contributed by atoms with Crippen molar-refractivity contribution in [2.75, 3.05) is 5.32 Å². The van der Waals surface area contributed by atoms with Gasteiger partial charge in [-0.3, -0.25) is 9.78 Å². The van der Waals surface area contributed by atoms with Crippen molar-refractivity contribution in [1.82, 2.24) is 9.97 Å². The fraction of sp³-hybridized carbons (Fsp3) is 0.0556. The number of aromatic nitrogens is 2. The number of hydrogen-bond acceptors (Lipinski definition) is 4. The van der Waals surface area contributed by atoms with Crippen LogP contribution in [-0.4, -0.2) is 15.9 Å². The number of para-hydroxylation sites is 1. The van der Waals surface area contributed by atoms with E-state index in [0.717, 1.165) is 11.3 Å². The number of ether oxygens (including phenoxy) is 1.